The summed E-state index contributed by atoms with van der Waals surface area (Å²) in [5, 5.41) is 3.14. The summed E-state index contributed by atoms with van der Waals surface area (Å²) in [5.41, 5.74) is 0.0172. The number of nitrogens with zero attached hydrogens (tertiary/aromatic N) is 4. The van der Waals surface area contributed by atoms with Crippen molar-refractivity contribution in [3.05, 3.63) is 11.6 Å². The van der Waals surface area contributed by atoms with Crippen molar-refractivity contribution in [1.29, 1.82) is 0 Å². The number of likely N-dealkylation sites (N-methyl/N-ethyl adjacent to an activating group) is 2. The van der Waals surface area contributed by atoms with E-state index >= 15 is 0 Å². The van der Waals surface area contributed by atoms with Gasteiger partial charge in [0.05, 0.1) is 12.1 Å². The van der Waals surface area contributed by atoms with Gasteiger partial charge in [-0.1, -0.05) is 66.9 Å². The van der Waals surface area contributed by atoms with Gasteiger partial charge in [0.25, 0.3) is 0 Å². The fraction of sp³-hybridized carbons (Fsp3) is 0.829. The highest BCUT2D eigenvalue weighted by atomic mass is 16.2. The summed E-state index contributed by atoms with van der Waals surface area (Å²) in [6, 6.07) is -1.51. The molecule has 2 aliphatic heterocycles. The Balaban J connectivity index is 2.24. The average Bonchev–Trinajstić information content (AvgIpc) is 3.46. The number of rotatable bonds is 13. The SMILES string of the molecule is CCCCCN(C)C(=O)[C@@H]1CCCN1C(=O)C(C)=C[C@H](C(C)C)N(C)C(=O)[C@@H](NC(=O)C1CCCCN1C(C)C)C(C)(C)C. The van der Waals surface area contributed by atoms with Crippen LogP contribution >= 0.6 is 0 Å². The van der Waals surface area contributed by atoms with E-state index in [1.807, 2.05) is 47.7 Å². The third kappa shape index (κ3) is 9.79. The van der Waals surface area contributed by atoms with Crippen LogP contribution in [0, 0.1) is 11.3 Å². The van der Waals surface area contributed by atoms with Gasteiger partial charge >= 0.3 is 0 Å². The molecule has 44 heavy (non-hydrogen) atoms. The quantitative estimate of drug-likeness (QED) is 0.236. The summed E-state index contributed by atoms with van der Waals surface area (Å²) < 4.78 is 0. The molecular formula is C35H63N5O4. The predicted octanol–water partition coefficient (Wildman–Crippen LogP) is 4.85. The number of hydrogen-bond acceptors (Lipinski definition) is 5. The molecule has 0 aromatic heterocycles. The minimum absolute atomic E-state index is 0.00483. The summed E-state index contributed by atoms with van der Waals surface area (Å²) >= 11 is 0. The van der Waals surface area contributed by atoms with Gasteiger partial charge in [-0.15, -0.1) is 0 Å². The van der Waals surface area contributed by atoms with E-state index in [0.717, 1.165) is 51.5 Å². The Morgan fingerprint density at radius 1 is 0.932 bits per heavy atom. The molecule has 4 atom stereocenters. The van der Waals surface area contributed by atoms with Crippen molar-refractivity contribution in [2.45, 2.75) is 144 Å². The summed E-state index contributed by atoms with van der Waals surface area (Å²) in [6.45, 7) is 20.3. The van der Waals surface area contributed by atoms with E-state index < -0.39 is 17.5 Å². The molecular weight excluding hydrogens is 554 g/mol. The van der Waals surface area contributed by atoms with Crippen LogP contribution < -0.4 is 5.32 Å². The van der Waals surface area contributed by atoms with E-state index in [9.17, 15) is 19.2 Å². The van der Waals surface area contributed by atoms with Crippen LogP contribution in [-0.2, 0) is 19.2 Å². The number of nitrogens with one attached hydrogen (secondary N) is 1. The molecule has 1 N–H and O–H groups in total. The lowest BCUT2D eigenvalue weighted by molar-refractivity contribution is -0.142. The zero-order chi connectivity index (χ0) is 33.4. The highest BCUT2D eigenvalue weighted by Gasteiger charge is 2.40. The summed E-state index contributed by atoms with van der Waals surface area (Å²) in [4.78, 5) is 62.1. The molecule has 0 radical (unpaired) electrons. The Kier molecular flexibility index (Phi) is 14.4. The Morgan fingerprint density at radius 2 is 1.57 bits per heavy atom. The summed E-state index contributed by atoms with van der Waals surface area (Å²) in [6.07, 6.45) is 9.34. The Morgan fingerprint density at radius 3 is 2.14 bits per heavy atom. The van der Waals surface area contributed by atoms with E-state index in [1.165, 1.54) is 0 Å². The second kappa shape index (κ2) is 16.8. The van der Waals surface area contributed by atoms with Crippen molar-refractivity contribution in [2.24, 2.45) is 11.3 Å². The molecule has 9 heteroatoms. The molecule has 0 aliphatic carbocycles. The van der Waals surface area contributed by atoms with Gasteiger partial charge < -0.3 is 20.0 Å². The van der Waals surface area contributed by atoms with Crippen LogP contribution in [0.1, 0.15) is 114 Å². The number of hydrogen-bond donors (Lipinski definition) is 1. The van der Waals surface area contributed by atoms with E-state index in [4.69, 9.17) is 0 Å². The third-order valence-corrected chi connectivity index (χ3v) is 9.42. The van der Waals surface area contributed by atoms with Gasteiger partial charge in [-0.2, -0.15) is 0 Å². The molecule has 2 heterocycles. The fourth-order valence-electron chi connectivity index (χ4n) is 6.63. The van der Waals surface area contributed by atoms with Crippen LogP contribution in [0.4, 0.5) is 0 Å². The van der Waals surface area contributed by atoms with Gasteiger partial charge in [-0.25, -0.2) is 0 Å². The first kappa shape index (κ1) is 37.8. The van der Waals surface area contributed by atoms with Crippen molar-refractivity contribution in [2.75, 3.05) is 33.7 Å². The van der Waals surface area contributed by atoms with Crippen LogP contribution in [-0.4, -0.2) is 107 Å². The lowest BCUT2D eigenvalue weighted by atomic mass is 9.84. The van der Waals surface area contributed by atoms with Crippen LogP contribution in [0.3, 0.4) is 0 Å². The van der Waals surface area contributed by atoms with Crippen molar-refractivity contribution in [1.82, 2.24) is 24.9 Å². The number of carbonyl (C=O) groups excluding carboxylic acids is 4. The molecule has 2 rings (SSSR count). The highest BCUT2D eigenvalue weighted by Crippen LogP contribution is 2.27. The van der Waals surface area contributed by atoms with Crippen LogP contribution in [0.5, 0.6) is 0 Å². The maximum atomic E-state index is 14.1. The molecule has 2 fully saturated rings. The van der Waals surface area contributed by atoms with Crippen LogP contribution in [0.25, 0.3) is 0 Å². The topological polar surface area (TPSA) is 93.3 Å². The zero-order valence-corrected chi connectivity index (χ0v) is 29.7. The zero-order valence-electron chi connectivity index (χ0n) is 29.7. The highest BCUT2D eigenvalue weighted by molar-refractivity contribution is 5.97. The minimum atomic E-state index is -0.717. The largest absolute Gasteiger partial charge is 0.344 e. The molecule has 0 aromatic carbocycles. The minimum Gasteiger partial charge on any atom is -0.344 e. The van der Waals surface area contributed by atoms with Gasteiger partial charge in [-0.3, -0.25) is 24.1 Å². The smallest absolute Gasteiger partial charge is 0.249 e. The first-order valence-corrected chi connectivity index (χ1v) is 17.1. The number of amides is 4. The molecule has 1 unspecified atom stereocenters. The lowest BCUT2D eigenvalue weighted by Gasteiger charge is -2.41. The van der Waals surface area contributed by atoms with Crippen molar-refractivity contribution >= 4 is 23.6 Å². The maximum Gasteiger partial charge on any atom is 0.249 e. The van der Waals surface area contributed by atoms with E-state index in [-0.39, 0.29) is 47.7 Å². The van der Waals surface area contributed by atoms with Gasteiger partial charge in [0.15, 0.2) is 0 Å². The number of unbranched alkanes of at least 4 members (excludes halogenated alkanes) is 2. The second-order valence-electron chi connectivity index (χ2n) is 14.8. The molecule has 0 bridgehead atoms. The van der Waals surface area contributed by atoms with Crippen LogP contribution in [0.15, 0.2) is 11.6 Å². The molecule has 0 aromatic rings. The first-order valence-electron chi connectivity index (χ1n) is 17.1. The Labute approximate surface area is 268 Å². The number of likely N-dealkylation sites (tertiary alicyclic amines) is 2. The van der Waals surface area contributed by atoms with Crippen molar-refractivity contribution in [3.63, 3.8) is 0 Å². The van der Waals surface area contributed by atoms with Crippen molar-refractivity contribution < 1.29 is 19.2 Å². The summed E-state index contributed by atoms with van der Waals surface area (Å²) in [5.74, 6) is -0.381. The molecule has 0 spiro atoms. The molecule has 4 amide bonds. The van der Waals surface area contributed by atoms with E-state index in [0.29, 0.717) is 25.1 Å². The van der Waals surface area contributed by atoms with E-state index in [2.05, 4.69) is 31.0 Å². The summed E-state index contributed by atoms with van der Waals surface area (Å²) in [7, 11) is 3.59. The fourth-order valence-corrected chi connectivity index (χ4v) is 6.63. The van der Waals surface area contributed by atoms with Gasteiger partial charge in [-0.05, 0) is 70.8 Å². The van der Waals surface area contributed by atoms with E-state index in [1.54, 1.807) is 28.7 Å². The van der Waals surface area contributed by atoms with Crippen LogP contribution in [0.2, 0.25) is 0 Å². The second-order valence-corrected chi connectivity index (χ2v) is 14.8. The number of carbonyl (C=O) groups is 4. The van der Waals surface area contributed by atoms with Crippen molar-refractivity contribution in [3.8, 4) is 0 Å². The molecule has 0 saturated carbocycles. The monoisotopic (exact) mass is 617 g/mol. The Hall–Kier alpha value is -2.42. The predicted molar refractivity (Wildman–Crippen MR) is 178 cm³/mol. The van der Waals surface area contributed by atoms with Gasteiger partial charge in [0, 0.05) is 38.8 Å². The third-order valence-electron chi connectivity index (χ3n) is 9.42. The number of piperidine rings is 1. The Bertz CT molecular complexity index is 1020. The molecule has 9 nitrogen and oxygen atoms in total. The standard InChI is InChI=1S/C35H63N5O4/c1-12-13-15-20-37(10)33(43)28-19-17-22-40(28)32(42)26(6)23-29(24(2)3)38(11)34(44)30(35(7,8)9)36-31(41)27-18-14-16-21-39(27)25(4)5/h23-25,27-30H,12-22H2,1-11H3,(H,36,41)/t27?,28-,29+,30+/m0/s1. The van der Waals surface area contributed by atoms with Gasteiger partial charge in [0.1, 0.15) is 12.1 Å². The maximum absolute atomic E-state index is 14.1. The average molecular weight is 618 g/mol. The first-order chi connectivity index (χ1) is 20.5. The van der Waals surface area contributed by atoms with Gasteiger partial charge in [0.2, 0.25) is 23.6 Å². The molecule has 252 valence electrons. The normalized spacial score (nSPS) is 21.4. The molecule has 2 saturated heterocycles. The lowest BCUT2D eigenvalue weighted by Crippen LogP contribution is -2.60. The molecule has 2 aliphatic rings.